The van der Waals surface area contributed by atoms with Crippen LogP contribution >= 0.6 is 0 Å². The van der Waals surface area contributed by atoms with Crippen LogP contribution in [0, 0.1) is 18.3 Å². The third kappa shape index (κ3) is 3.38. The number of nitriles is 1. The SMILES string of the molecule is Cc1ccccc1Cn1nnc(C#N)c1COc1ccccc1. The van der Waals surface area contributed by atoms with E-state index in [0.29, 0.717) is 17.9 Å². The second-order valence-electron chi connectivity index (χ2n) is 5.18. The first-order valence-corrected chi connectivity index (χ1v) is 7.32. The zero-order valence-corrected chi connectivity index (χ0v) is 12.8. The van der Waals surface area contributed by atoms with E-state index in [1.54, 1.807) is 4.68 Å². The number of hydrogen-bond acceptors (Lipinski definition) is 4. The molecule has 1 aromatic heterocycles. The summed E-state index contributed by atoms with van der Waals surface area (Å²) in [5.41, 5.74) is 3.30. The highest BCUT2D eigenvalue weighted by atomic mass is 16.5. The molecule has 3 aromatic rings. The molecule has 23 heavy (non-hydrogen) atoms. The first-order valence-electron chi connectivity index (χ1n) is 7.32. The van der Waals surface area contributed by atoms with Gasteiger partial charge in [0.1, 0.15) is 24.1 Å². The minimum atomic E-state index is 0.256. The predicted molar refractivity (Wildman–Crippen MR) is 85.8 cm³/mol. The molecule has 0 aliphatic carbocycles. The number of para-hydroxylation sites is 1. The Hall–Kier alpha value is -3.13. The molecule has 0 N–H and O–H groups in total. The molecule has 0 atom stereocenters. The Kier molecular flexibility index (Phi) is 4.34. The lowest BCUT2D eigenvalue weighted by Crippen LogP contribution is -2.10. The van der Waals surface area contributed by atoms with Crippen LogP contribution in [0.15, 0.2) is 54.6 Å². The number of aromatic nitrogens is 3. The predicted octanol–water partition coefficient (Wildman–Crippen LogP) is 3.09. The normalized spacial score (nSPS) is 10.3. The van der Waals surface area contributed by atoms with Crippen LogP contribution in [0.25, 0.3) is 0 Å². The molecule has 5 heteroatoms. The summed E-state index contributed by atoms with van der Waals surface area (Å²) in [5.74, 6) is 0.750. The summed E-state index contributed by atoms with van der Waals surface area (Å²) < 4.78 is 7.48. The molecule has 0 fully saturated rings. The van der Waals surface area contributed by atoms with E-state index >= 15 is 0 Å². The Labute approximate surface area is 134 Å². The monoisotopic (exact) mass is 304 g/mol. The van der Waals surface area contributed by atoms with Crippen LogP contribution in [0.2, 0.25) is 0 Å². The highest BCUT2D eigenvalue weighted by molar-refractivity contribution is 5.29. The third-order valence-electron chi connectivity index (χ3n) is 3.64. The molecule has 0 aliphatic heterocycles. The van der Waals surface area contributed by atoms with Crippen molar-refractivity contribution in [3.8, 4) is 11.8 Å². The maximum atomic E-state index is 9.23. The van der Waals surface area contributed by atoms with Gasteiger partial charge in [-0.1, -0.05) is 47.7 Å². The average Bonchev–Trinajstić information content (AvgIpc) is 2.98. The molecule has 0 aliphatic rings. The molecule has 2 aromatic carbocycles. The smallest absolute Gasteiger partial charge is 0.189 e. The van der Waals surface area contributed by atoms with Crippen molar-refractivity contribution in [2.45, 2.75) is 20.1 Å². The molecule has 0 unspecified atom stereocenters. The van der Waals surface area contributed by atoms with Crippen LogP contribution in [0.3, 0.4) is 0 Å². The van der Waals surface area contributed by atoms with E-state index in [1.807, 2.05) is 48.5 Å². The van der Waals surface area contributed by atoms with Gasteiger partial charge in [0.25, 0.3) is 0 Å². The van der Waals surface area contributed by atoms with Gasteiger partial charge >= 0.3 is 0 Å². The Bertz CT molecular complexity index is 834. The van der Waals surface area contributed by atoms with Crippen LogP contribution in [-0.2, 0) is 13.2 Å². The number of aryl methyl sites for hydroxylation is 1. The van der Waals surface area contributed by atoms with Crippen LogP contribution in [-0.4, -0.2) is 15.0 Å². The van der Waals surface area contributed by atoms with Crippen LogP contribution < -0.4 is 4.74 Å². The van der Waals surface area contributed by atoms with Crippen LogP contribution in [0.5, 0.6) is 5.75 Å². The van der Waals surface area contributed by atoms with E-state index in [4.69, 9.17) is 4.74 Å². The number of ether oxygens (including phenoxy) is 1. The van der Waals surface area contributed by atoms with Crippen molar-refractivity contribution in [3.05, 3.63) is 77.1 Å². The standard InChI is InChI=1S/C18H16N4O/c1-14-7-5-6-8-15(14)12-22-18(17(11-19)20-21-22)13-23-16-9-3-2-4-10-16/h2-10H,12-13H2,1H3. The van der Waals surface area contributed by atoms with Gasteiger partial charge in [-0.25, -0.2) is 4.68 Å². The number of benzene rings is 2. The maximum absolute atomic E-state index is 9.23. The van der Waals surface area contributed by atoms with Gasteiger partial charge in [0.05, 0.1) is 6.54 Å². The van der Waals surface area contributed by atoms with Gasteiger partial charge in [0.15, 0.2) is 5.69 Å². The highest BCUT2D eigenvalue weighted by Gasteiger charge is 2.14. The minimum Gasteiger partial charge on any atom is -0.487 e. The summed E-state index contributed by atoms with van der Waals surface area (Å²) in [6.45, 7) is 2.87. The van der Waals surface area contributed by atoms with Crippen LogP contribution in [0.4, 0.5) is 0 Å². The van der Waals surface area contributed by atoms with E-state index < -0.39 is 0 Å². The molecule has 0 amide bonds. The van der Waals surface area contributed by atoms with Gasteiger partial charge in [-0.3, -0.25) is 0 Å². The second-order valence-corrected chi connectivity index (χ2v) is 5.18. The summed E-state index contributed by atoms with van der Waals surface area (Å²) in [6, 6.07) is 19.7. The van der Waals surface area contributed by atoms with Crippen molar-refractivity contribution >= 4 is 0 Å². The molecule has 114 valence electrons. The van der Waals surface area contributed by atoms with Crippen molar-refractivity contribution in [1.29, 1.82) is 5.26 Å². The quantitative estimate of drug-likeness (QED) is 0.726. The summed E-state index contributed by atoms with van der Waals surface area (Å²) in [6.07, 6.45) is 0. The van der Waals surface area contributed by atoms with E-state index in [0.717, 1.165) is 11.3 Å². The highest BCUT2D eigenvalue weighted by Crippen LogP contribution is 2.15. The largest absolute Gasteiger partial charge is 0.487 e. The third-order valence-corrected chi connectivity index (χ3v) is 3.64. The van der Waals surface area contributed by atoms with Crippen molar-refractivity contribution in [2.75, 3.05) is 0 Å². The minimum absolute atomic E-state index is 0.256. The Balaban J connectivity index is 1.83. The van der Waals surface area contributed by atoms with E-state index in [9.17, 15) is 5.26 Å². The molecule has 0 radical (unpaired) electrons. The topological polar surface area (TPSA) is 63.7 Å². The molecule has 0 bridgehead atoms. The Morgan fingerprint density at radius 1 is 1.09 bits per heavy atom. The summed E-state index contributed by atoms with van der Waals surface area (Å²) >= 11 is 0. The maximum Gasteiger partial charge on any atom is 0.189 e. The Morgan fingerprint density at radius 2 is 1.83 bits per heavy atom. The van der Waals surface area contributed by atoms with E-state index in [-0.39, 0.29) is 6.61 Å². The van der Waals surface area contributed by atoms with Crippen molar-refractivity contribution < 1.29 is 4.74 Å². The first kappa shape index (κ1) is 14.8. The van der Waals surface area contributed by atoms with Gasteiger partial charge in [-0.15, -0.1) is 5.10 Å². The fourth-order valence-corrected chi connectivity index (χ4v) is 2.31. The average molecular weight is 304 g/mol. The molecule has 0 spiro atoms. The zero-order chi connectivity index (χ0) is 16.1. The van der Waals surface area contributed by atoms with Gasteiger partial charge < -0.3 is 4.74 Å². The summed E-state index contributed by atoms with van der Waals surface area (Å²) in [7, 11) is 0. The lowest BCUT2D eigenvalue weighted by Gasteiger charge is -2.10. The van der Waals surface area contributed by atoms with Crippen molar-refractivity contribution in [2.24, 2.45) is 0 Å². The fourth-order valence-electron chi connectivity index (χ4n) is 2.31. The fraction of sp³-hybridized carbons (Fsp3) is 0.167. The van der Waals surface area contributed by atoms with Crippen LogP contribution in [0.1, 0.15) is 22.5 Å². The molecule has 0 saturated carbocycles. The zero-order valence-electron chi connectivity index (χ0n) is 12.8. The number of hydrogen-bond donors (Lipinski definition) is 0. The summed E-state index contributed by atoms with van der Waals surface area (Å²) in [5, 5.41) is 17.3. The molecular weight excluding hydrogens is 288 g/mol. The van der Waals surface area contributed by atoms with Gasteiger partial charge in [-0.2, -0.15) is 5.26 Å². The molecule has 5 nitrogen and oxygen atoms in total. The van der Waals surface area contributed by atoms with Crippen molar-refractivity contribution in [1.82, 2.24) is 15.0 Å². The molecule has 3 rings (SSSR count). The van der Waals surface area contributed by atoms with Crippen molar-refractivity contribution in [3.63, 3.8) is 0 Å². The first-order chi connectivity index (χ1) is 11.3. The second kappa shape index (κ2) is 6.75. The molecule has 0 saturated heterocycles. The van der Waals surface area contributed by atoms with Gasteiger partial charge in [0.2, 0.25) is 0 Å². The van der Waals surface area contributed by atoms with Gasteiger partial charge in [-0.05, 0) is 30.2 Å². The summed E-state index contributed by atoms with van der Waals surface area (Å²) in [4.78, 5) is 0. The lowest BCUT2D eigenvalue weighted by atomic mass is 10.1. The van der Waals surface area contributed by atoms with E-state index in [1.165, 1.54) is 5.56 Å². The Morgan fingerprint density at radius 3 is 2.57 bits per heavy atom. The van der Waals surface area contributed by atoms with E-state index in [2.05, 4.69) is 29.4 Å². The molecular formula is C18H16N4O. The number of nitrogens with zero attached hydrogens (tertiary/aromatic N) is 4. The van der Waals surface area contributed by atoms with Gasteiger partial charge in [0, 0.05) is 0 Å². The number of rotatable bonds is 5. The molecule has 1 heterocycles. The lowest BCUT2D eigenvalue weighted by molar-refractivity contribution is 0.293.